The number of nitrogens with zero attached hydrogens (tertiary/aromatic N) is 3. The van der Waals surface area contributed by atoms with Crippen LogP contribution in [0.2, 0.25) is 0 Å². The van der Waals surface area contributed by atoms with Crippen molar-refractivity contribution in [2.45, 2.75) is 52.1 Å². The minimum absolute atomic E-state index is 0.0276. The van der Waals surface area contributed by atoms with E-state index in [1.807, 2.05) is 0 Å². The second kappa shape index (κ2) is 5.70. The molecule has 2 fully saturated rings. The highest BCUT2D eigenvalue weighted by Gasteiger charge is 2.42. The van der Waals surface area contributed by atoms with Gasteiger partial charge in [0.05, 0.1) is 4.92 Å². The molecule has 120 valence electrons. The van der Waals surface area contributed by atoms with Crippen LogP contribution >= 0.6 is 0 Å². The van der Waals surface area contributed by atoms with E-state index in [9.17, 15) is 14.9 Å². The van der Waals surface area contributed by atoms with Crippen LogP contribution in [0.3, 0.4) is 0 Å². The van der Waals surface area contributed by atoms with Gasteiger partial charge in [0.15, 0.2) is 0 Å². The average molecular weight is 306 g/mol. The predicted molar refractivity (Wildman–Crippen MR) is 80.2 cm³/mol. The van der Waals surface area contributed by atoms with E-state index in [1.54, 1.807) is 6.92 Å². The average Bonchev–Trinajstić information content (AvgIpc) is 3.13. The topological polar surface area (TPSA) is 90.1 Å². The largest absolute Gasteiger partial charge is 0.352 e. The molecule has 0 aromatic carbocycles. The molecule has 0 saturated heterocycles. The maximum Gasteiger partial charge on any atom is 0.309 e. The fraction of sp³-hybridized carbons (Fsp3) is 0.733. The lowest BCUT2D eigenvalue weighted by molar-refractivity contribution is -0.385. The maximum absolute atomic E-state index is 12.1. The standard InChI is InChI=1S/C15H22N4O3/c1-9(13-6-11-3-4-12(13)5-11)16-15(20)8-18-7-14(19(21)22)10(2)17-18/h7,9,11-13H,3-6,8H2,1-2H3,(H,16,20)/t9-,11-,12-,13+/m1/s1. The van der Waals surface area contributed by atoms with Crippen LogP contribution in [0.4, 0.5) is 5.69 Å². The first-order chi connectivity index (χ1) is 10.4. The van der Waals surface area contributed by atoms with Gasteiger partial charge in [0.25, 0.3) is 0 Å². The van der Waals surface area contributed by atoms with Crippen molar-refractivity contribution in [2.75, 3.05) is 0 Å². The minimum Gasteiger partial charge on any atom is -0.352 e. The summed E-state index contributed by atoms with van der Waals surface area (Å²) in [6.07, 6.45) is 6.49. The maximum atomic E-state index is 12.1. The molecular formula is C15H22N4O3. The van der Waals surface area contributed by atoms with E-state index in [0.717, 1.165) is 11.8 Å². The van der Waals surface area contributed by atoms with Crippen LogP contribution < -0.4 is 5.32 Å². The van der Waals surface area contributed by atoms with Crippen molar-refractivity contribution >= 4 is 11.6 Å². The Hall–Kier alpha value is -1.92. The lowest BCUT2D eigenvalue weighted by Crippen LogP contribution is -2.41. The molecule has 2 aliphatic carbocycles. The second-order valence-electron chi connectivity index (χ2n) is 6.75. The number of nitrogens with one attached hydrogen (secondary N) is 1. The number of amides is 1. The summed E-state index contributed by atoms with van der Waals surface area (Å²) in [5.41, 5.74) is 0.285. The number of nitro groups is 1. The van der Waals surface area contributed by atoms with Crippen molar-refractivity contribution in [2.24, 2.45) is 17.8 Å². The first-order valence-corrected chi connectivity index (χ1v) is 7.92. The van der Waals surface area contributed by atoms with Crippen LogP contribution in [0.1, 0.15) is 38.3 Å². The van der Waals surface area contributed by atoms with Crippen molar-refractivity contribution in [3.8, 4) is 0 Å². The molecule has 7 nitrogen and oxygen atoms in total. The Morgan fingerprint density at radius 2 is 2.32 bits per heavy atom. The molecule has 2 aliphatic rings. The Labute approximate surface area is 129 Å². The van der Waals surface area contributed by atoms with Gasteiger partial charge < -0.3 is 5.32 Å². The summed E-state index contributed by atoms with van der Waals surface area (Å²) in [4.78, 5) is 22.5. The number of rotatable bonds is 5. The van der Waals surface area contributed by atoms with E-state index in [1.165, 1.54) is 36.6 Å². The lowest BCUT2D eigenvalue weighted by Gasteiger charge is -2.28. The summed E-state index contributed by atoms with van der Waals surface area (Å²) >= 11 is 0. The third-order valence-corrected chi connectivity index (χ3v) is 5.25. The van der Waals surface area contributed by atoms with Crippen LogP contribution in [0, 0.1) is 34.8 Å². The minimum atomic E-state index is -0.478. The first kappa shape index (κ1) is 15.0. The summed E-state index contributed by atoms with van der Waals surface area (Å²) in [6, 6.07) is 0.162. The van der Waals surface area contributed by atoms with Crippen LogP contribution in [-0.2, 0) is 11.3 Å². The van der Waals surface area contributed by atoms with Crippen molar-refractivity contribution in [3.05, 3.63) is 22.0 Å². The Kier molecular flexibility index (Phi) is 3.88. The van der Waals surface area contributed by atoms with Gasteiger partial charge in [-0.05, 0) is 50.9 Å². The van der Waals surface area contributed by atoms with Crippen molar-refractivity contribution < 1.29 is 9.72 Å². The molecule has 7 heteroatoms. The van der Waals surface area contributed by atoms with E-state index in [0.29, 0.717) is 11.6 Å². The molecular weight excluding hydrogens is 284 g/mol. The third-order valence-electron chi connectivity index (χ3n) is 5.25. The number of aromatic nitrogens is 2. The van der Waals surface area contributed by atoms with Crippen LogP contribution in [-0.4, -0.2) is 26.7 Å². The molecule has 1 heterocycles. The van der Waals surface area contributed by atoms with Crippen LogP contribution in [0.25, 0.3) is 0 Å². The van der Waals surface area contributed by atoms with Gasteiger partial charge >= 0.3 is 5.69 Å². The zero-order valence-electron chi connectivity index (χ0n) is 13.0. The molecule has 1 amide bonds. The zero-order valence-corrected chi connectivity index (χ0v) is 13.0. The lowest BCUT2D eigenvalue weighted by atomic mass is 9.84. The monoisotopic (exact) mass is 306 g/mol. The van der Waals surface area contributed by atoms with Crippen LogP contribution in [0.15, 0.2) is 6.20 Å². The van der Waals surface area contributed by atoms with Crippen molar-refractivity contribution in [1.29, 1.82) is 0 Å². The van der Waals surface area contributed by atoms with Gasteiger partial charge in [-0.15, -0.1) is 0 Å². The Bertz CT molecular complexity index is 598. The molecule has 4 atom stereocenters. The Balaban J connectivity index is 1.56. The Morgan fingerprint density at radius 3 is 2.86 bits per heavy atom. The molecule has 2 bridgehead atoms. The molecule has 1 aromatic rings. The van der Waals surface area contributed by atoms with E-state index in [4.69, 9.17) is 0 Å². The summed E-state index contributed by atoms with van der Waals surface area (Å²) in [5.74, 6) is 2.06. The van der Waals surface area contributed by atoms with Gasteiger partial charge in [0, 0.05) is 6.04 Å². The van der Waals surface area contributed by atoms with Crippen molar-refractivity contribution in [3.63, 3.8) is 0 Å². The molecule has 0 unspecified atom stereocenters. The van der Waals surface area contributed by atoms with Gasteiger partial charge in [-0.2, -0.15) is 5.10 Å². The van der Waals surface area contributed by atoms with Gasteiger partial charge in [-0.1, -0.05) is 6.42 Å². The van der Waals surface area contributed by atoms with E-state index in [2.05, 4.69) is 17.3 Å². The number of carbonyl (C=O) groups excluding carboxylic acids is 1. The summed E-state index contributed by atoms with van der Waals surface area (Å²) in [6.45, 7) is 3.67. The molecule has 0 radical (unpaired) electrons. The summed E-state index contributed by atoms with van der Waals surface area (Å²) in [5, 5.41) is 17.9. The Morgan fingerprint density at radius 1 is 1.55 bits per heavy atom. The molecule has 1 N–H and O–H groups in total. The highest BCUT2D eigenvalue weighted by atomic mass is 16.6. The smallest absolute Gasteiger partial charge is 0.309 e. The van der Waals surface area contributed by atoms with Crippen LogP contribution in [0.5, 0.6) is 0 Å². The fourth-order valence-corrected chi connectivity index (χ4v) is 4.23. The SMILES string of the molecule is Cc1nn(CC(=O)N[C@H](C)[C@@H]2C[C@@H]3CC[C@@H]2C3)cc1[N+](=O)[O-]. The van der Waals surface area contributed by atoms with Crippen molar-refractivity contribution in [1.82, 2.24) is 15.1 Å². The van der Waals surface area contributed by atoms with Gasteiger partial charge in [0.1, 0.15) is 18.4 Å². The van der Waals surface area contributed by atoms with Gasteiger partial charge in [-0.3, -0.25) is 19.6 Å². The number of aryl methyl sites for hydroxylation is 1. The molecule has 2 saturated carbocycles. The number of carbonyl (C=O) groups is 1. The number of hydrogen-bond donors (Lipinski definition) is 1. The van der Waals surface area contributed by atoms with E-state index in [-0.39, 0.29) is 24.2 Å². The zero-order chi connectivity index (χ0) is 15.9. The molecule has 22 heavy (non-hydrogen) atoms. The second-order valence-corrected chi connectivity index (χ2v) is 6.75. The predicted octanol–water partition coefficient (Wildman–Crippen LogP) is 2.04. The highest BCUT2D eigenvalue weighted by Crippen LogP contribution is 2.49. The number of hydrogen-bond acceptors (Lipinski definition) is 4. The van der Waals surface area contributed by atoms with Gasteiger partial charge in [0.2, 0.25) is 5.91 Å². The van der Waals surface area contributed by atoms with Gasteiger partial charge in [-0.25, -0.2) is 0 Å². The van der Waals surface area contributed by atoms with E-state index >= 15 is 0 Å². The third kappa shape index (κ3) is 2.84. The fourth-order valence-electron chi connectivity index (χ4n) is 4.23. The normalized spacial score (nSPS) is 27.8. The molecule has 3 rings (SSSR count). The molecule has 0 spiro atoms. The first-order valence-electron chi connectivity index (χ1n) is 7.92. The summed E-state index contributed by atoms with van der Waals surface area (Å²) in [7, 11) is 0. The quantitative estimate of drug-likeness (QED) is 0.666. The summed E-state index contributed by atoms with van der Waals surface area (Å²) < 4.78 is 1.34. The highest BCUT2D eigenvalue weighted by molar-refractivity contribution is 5.76. The molecule has 0 aliphatic heterocycles. The van der Waals surface area contributed by atoms with E-state index < -0.39 is 4.92 Å². The molecule has 1 aromatic heterocycles. The number of fused-ring (bicyclic) bond motifs is 2.